The number of ether oxygens (including phenoxy) is 1. The Morgan fingerprint density at radius 1 is 1.50 bits per heavy atom. The lowest BCUT2D eigenvalue weighted by Gasteiger charge is -2.18. The van der Waals surface area contributed by atoms with E-state index in [4.69, 9.17) is 9.84 Å². The maximum atomic E-state index is 11.5. The highest BCUT2D eigenvalue weighted by Crippen LogP contribution is 2.19. The van der Waals surface area contributed by atoms with E-state index in [1.54, 1.807) is 12.1 Å². The molecule has 0 aliphatic carbocycles. The zero-order valence-electron chi connectivity index (χ0n) is 8.53. The van der Waals surface area contributed by atoms with E-state index in [0.717, 1.165) is 4.88 Å². The van der Waals surface area contributed by atoms with Crippen LogP contribution in [0.2, 0.25) is 0 Å². The predicted molar refractivity (Wildman–Crippen MR) is 55.4 cm³/mol. The molecule has 78 valence electrons. The first-order valence-corrected chi connectivity index (χ1v) is 5.17. The highest BCUT2D eigenvalue weighted by Gasteiger charge is 2.18. The molecular weight excluding hydrogens is 200 g/mol. The van der Waals surface area contributed by atoms with Gasteiger partial charge in [-0.2, -0.15) is 0 Å². The standard InChI is InChI=1S/C10H14O3S/c1-10(2,3)13-9(12)8-5-4-7(6-11)14-8/h4-5,11H,6H2,1-3H3. The van der Waals surface area contributed by atoms with Gasteiger partial charge >= 0.3 is 5.97 Å². The summed E-state index contributed by atoms with van der Waals surface area (Å²) >= 11 is 1.26. The van der Waals surface area contributed by atoms with Gasteiger partial charge in [0.1, 0.15) is 10.5 Å². The number of aliphatic hydroxyl groups is 1. The Hall–Kier alpha value is -0.870. The SMILES string of the molecule is CC(C)(C)OC(=O)c1ccc(CO)s1. The van der Waals surface area contributed by atoms with Gasteiger partial charge in [0.2, 0.25) is 0 Å². The van der Waals surface area contributed by atoms with E-state index >= 15 is 0 Å². The van der Waals surface area contributed by atoms with E-state index in [0.29, 0.717) is 4.88 Å². The van der Waals surface area contributed by atoms with Crippen LogP contribution in [0, 0.1) is 0 Å². The van der Waals surface area contributed by atoms with Gasteiger partial charge < -0.3 is 9.84 Å². The molecule has 1 aromatic rings. The number of hydrogen-bond donors (Lipinski definition) is 1. The summed E-state index contributed by atoms with van der Waals surface area (Å²) in [5.41, 5.74) is -0.472. The second-order valence-electron chi connectivity index (χ2n) is 3.93. The molecule has 0 saturated carbocycles. The largest absolute Gasteiger partial charge is 0.456 e. The first-order chi connectivity index (χ1) is 6.42. The number of hydrogen-bond acceptors (Lipinski definition) is 4. The van der Waals surface area contributed by atoms with E-state index in [2.05, 4.69) is 0 Å². The molecule has 0 saturated heterocycles. The molecule has 1 rings (SSSR count). The van der Waals surface area contributed by atoms with Crippen LogP contribution in [0.15, 0.2) is 12.1 Å². The van der Waals surface area contributed by atoms with Gasteiger partial charge in [0.15, 0.2) is 0 Å². The van der Waals surface area contributed by atoms with Crippen LogP contribution in [0.25, 0.3) is 0 Å². The van der Waals surface area contributed by atoms with Crippen molar-refractivity contribution in [3.8, 4) is 0 Å². The van der Waals surface area contributed by atoms with Gasteiger partial charge in [0, 0.05) is 4.88 Å². The van der Waals surface area contributed by atoms with Gasteiger partial charge in [-0.05, 0) is 32.9 Å². The minimum atomic E-state index is -0.472. The first kappa shape index (κ1) is 11.2. The summed E-state index contributed by atoms with van der Waals surface area (Å²) in [4.78, 5) is 12.8. The number of esters is 1. The van der Waals surface area contributed by atoms with Gasteiger partial charge in [0.25, 0.3) is 0 Å². The summed E-state index contributed by atoms with van der Waals surface area (Å²) in [5, 5.41) is 8.82. The van der Waals surface area contributed by atoms with Crippen LogP contribution >= 0.6 is 11.3 Å². The zero-order valence-corrected chi connectivity index (χ0v) is 9.35. The average molecular weight is 214 g/mol. The zero-order chi connectivity index (χ0) is 10.8. The molecule has 0 radical (unpaired) electrons. The molecule has 0 aliphatic heterocycles. The number of carbonyl (C=O) groups is 1. The molecule has 0 spiro atoms. The third-order valence-corrected chi connectivity index (χ3v) is 2.47. The molecule has 1 N–H and O–H groups in total. The molecule has 3 nitrogen and oxygen atoms in total. The molecule has 4 heteroatoms. The number of thiophene rings is 1. The Balaban J connectivity index is 2.70. The van der Waals surface area contributed by atoms with Crippen molar-refractivity contribution < 1.29 is 14.6 Å². The molecule has 0 amide bonds. The van der Waals surface area contributed by atoms with Crippen LogP contribution in [-0.2, 0) is 11.3 Å². The molecular formula is C10H14O3S. The minimum Gasteiger partial charge on any atom is -0.456 e. The maximum absolute atomic E-state index is 11.5. The van der Waals surface area contributed by atoms with Crippen molar-refractivity contribution in [3.63, 3.8) is 0 Å². The summed E-state index contributed by atoms with van der Waals surface area (Å²) in [6.07, 6.45) is 0. The monoisotopic (exact) mass is 214 g/mol. The van der Waals surface area contributed by atoms with Crippen molar-refractivity contribution in [2.75, 3.05) is 0 Å². The van der Waals surface area contributed by atoms with Crippen molar-refractivity contribution >= 4 is 17.3 Å². The van der Waals surface area contributed by atoms with Gasteiger partial charge in [-0.3, -0.25) is 0 Å². The van der Waals surface area contributed by atoms with Crippen molar-refractivity contribution in [1.82, 2.24) is 0 Å². The summed E-state index contributed by atoms with van der Waals surface area (Å²) < 4.78 is 5.17. The normalized spacial score (nSPS) is 11.4. The van der Waals surface area contributed by atoms with E-state index in [1.165, 1.54) is 11.3 Å². The Kier molecular flexibility index (Phi) is 3.29. The molecule has 0 bridgehead atoms. The van der Waals surface area contributed by atoms with Crippen LogP contribution in [0.3, 0.4) is 0 Å². The number of aliphatic hydroxyl groups excluding tert-OH is 1. The Morgan fingerprint density at radius 2 is 2.14 bits per heavy atom. The van der Waals surface area contributed by atoms with Crippen LogP contribution in [0.4, 0.5) is 0 Å². The topological polar surface area (TPSA) is 46.5 Å². The van der Waals surface area contributed by atoms with Gasteiger partial charge in [-0.25, -0.2) is 4.79 Å². The Morgan fingerprint density at radius 3 is 2.57 bits per heavy atom. The van der Waals surface area contributed by atoms with Crippen molar-refractivity contribution in [2.24, 2.45) is 0 Å². The third-order valence-electron chi connectivity index (χ3n) is 1.42. The summed E-state index contributed by atoms with van der Waals surface area (Å²) in [5.74, 6) is -0.331. The molecule has 0 unspecified atom stereocenters. The smallest absolute Gasteiger partial charge is 0.348 e. The quantitative estimate of drug-likeness (QED) is 0.768. The first-order valence-electron chi connectivity index (χ1n) is 4.35. The van der Waals surface area contributed by atoms with Crippen LogP contribution in [0.1, 0.15) is 35.3 Å². The van der Waals surface area contributed by atoms with Crippen molar-refractivity contribution in [1.29, 1.82) is 0 Å². The molecule has 0 fully saturated rings. The summed E-state index contributed by atoms with van der Waals surface area (Å²) in [6, 6.07) is 3.40. The maximum Gasteiger partial charge on any atom is 0.348 e. The van der Waals surface area contributed by atoms with Crippen LogP contribution in [-0.4, -0.2) is 16.7 Å². The fraction of sp³-hybridized carbons (Fsp3) is 0.500. The summed E-state index contributed by atoms with van der Waals surface area (Å²) in [6.45, 7) is 5.44. The van der Waals surface area contributed by atoms with Gasteiger partial charge in [-0.1, -0.05) is 0 Å². The lowest BCUT2D eigenvalue weighted by Crippen LogP contribution is -2.23. The molecule has 0 atom stereocenters. The lowest BCUT2D eigenvalue weighted by molar-refractivity contribution is 0.00752. The lowest BCUT2D eigenvalue weighted by atomic mass is 10.2. The molecule has 14 heavy (non-hydrogen) atoms. The predicted octanol–water partition coefficient (Wildman–Crippen LogP) is 2.20. The molecule has 0 aromatic carbocycles. The van der Waals surface area contributed by atoms with Crippen LogP contribution in [0.5, 0.6) is 0 Å². The fourth-order valence-corrected chi connectivity index (χ4v) is 1.65. The Labute approximate surface area is 87.3 Å². The van der Waals surface area contributed by atoms with E-state index < -0.39 is 5.60 Å². The van der Waals surface area contributed by atoms with Gasteiger partial charge in [0.05, 0.1) is 6.61 Å². The van der Waals surface area contributed by atoms with Crippen LogP contribution < -0.4 is 0 Å². The summed E-state index contributed by atoms with van der Waals surface area (Å²) in [7, 11) is 0. The minimum absolute atomic E-state index is 0.0343. The molecule has 1 aromatic heterocycles. The highest BCUT2D eigenvalue weighted by atomic mass is 32.1. The van der Waals surface area contributed by atoms with E-state index in [-0.39, 0.29) is 12.6 Å². The average Bonchev–Trinajstić information content (AvgIpc) is 2.48. The van der Waals surface area contributed by atoms with Gasteiger partial charge in [-0.15, -0.1) is 11.3 Å². The fourth-order valence-electron chi connectivity index (χ4n) is 0.901. The third kappa shape index (κ3) is 3.12. The number of carbonyl (C=O) groups excluding carboxylic acids is 1. The Bertz CT molecular complexity index is 322. The molecule has 1 heterocycles. The van der Waals surface area contributed by atoms with Crippen molar-refractivity contribution in [3.05, 3.63) is 21.9 Å². The van der Waals surface area contributed by atoms with Crippen molar-refractivity contribution in [2.45, 2.75) is 33.0 Å². The highest BCUT2D eigenvalue weighted by molar-refractivity contribution is 7.13. The van der Waals surface area contributed by atoms with E-state index in [1.807, 2.05) is 20.8 Å². The number of rotatable bonds is 2. The van der Waals surface area contributed by atoms with E-state index in [9.17, 15) is 4.79 Å². The second kappa shape index (κ2) is 4.11. The molecule has 0 aliphatic rings. The second-order valence-corrected chi connectivity index (χ2v) is 5.09.